The molecule has 2 bridgehead atoms. The maximum atomic E-state index is 12.2. The number of hydrogen-bond donors (Lipinski definition) is 0. The molecule has 1 saturated heterocycles. The number of benzene rings is 1. The van der Waals surface area contributed by atoms with Crippen molar-refractivity contribution < 1.29 is 0 Å². The summed E-state index contributed by atoms with van der Waals surface area (Å²) in [4.78, 5) is 19.4. The first-order chi connectivity index (χ1) is 12.7. The van der Waals surface area contributed by atoms with Crippen LogP contribution in [0, 0.1) is 5.92 Å². The molecule has 0 spiro atoms. The van der Waals surface area contributed by atoms with Gasteiger partial charge in [0.25, 0.3) is 5.56 Å². The van der Waals surface area contributed by atoms with Gasteiger partial charge in [-0.15, -0.1) is 11.3 Å². The van der Waals surface area contributed by atoms with Crippen LogP contribution >= 0.6 is 22.9 Å². The summed E-state index contributed by atoms with van der Waals surface area (Å²) in [5, 5.41) is 3.92. The normalized spacial score (nSPS) is 21.5. The summed E-state index contributed by atoms with van der Waals surface area (Å²) < 4.78 is 1.97. The lowest BCUT2D eigenvalue weighted by Crippen LogP contribution is -2.47. The lowest BCUT2D eigenvalue weighted by atomic mass is 9.83. The van der Waals surface area contributed by atoms with Crippen molar-refractivity contribution in [3.05, 3.63) is 68.9 Å². The van der Waals surface area contributed by atoms with Crippen molar-refractivity contribution in [1.82, 2.24) is 9.55 Å². The van der Waals surface area contributed by atoms with E-state index in [1.54, 1.807) is 17.4 Å². The van der Waals surface area contributed by atoms with Crippen LogP contribution in [0.25, 0.3) is 11.3 Å². The molecule has 2 aliphatic heterocycles. The third-order valence-corrected chi connectivity index (χ3v) is 6.54. The molecule has 0 aliphatic carbocycles. The van der Waals surface area contributed by atoms with Crippen LogP contribution in [0.2, 0.25) is 5.02 Å². The summed E-state index contributed by atoms with van der Waals surface area (Å²) in [6.07, 6.45) is 1.16. The minimum Gasteiger partial charge on any atom is -0.347 e. The second-order valence-corrected chi connectivity index (χ2v) is 8.40. The Morgan fingerprint density at radius 1 is 1.08 bits per heavy atom. The van der Waals surface area contributed by atoms with Crippen molar-refractivity contribution in [2.75, 3.05) is 18.0 Å². The zero-order valence-electron chi connectivity index (χ0n) is 14.1. The fraction of sp³-hybridized carbons (Fsp3) is 0.300. The quantitative estimate of drug-likeness (QED) is 0.664. The molecule has 3 aromatic rings. The van der Waals surface area contributed by atoms with Gasteiger partial charge in [0.15, 0.2) is 5.13 Å². The molecule has 0 unspecified atom stereocenters. The molecule has 5 rings (SSSR count). The van der Waals surface area contributed by atoms with Crippen molar-refractivity contribution in [2.24, 2.45) is 5.92 Å². The zero-order chi connectivity index (χ0) is 17.7. The Morgan fingerprint density at radius 3 is 2.77 bits per heavy atom. The largest absolute Gasteiger partial charge is 0.347 e. The fourth-order valence-electron chi connectivity index (χ4n) is 4.22. The summed E-state index contributed by atoms with van der Waals surface area (Å²) in [5.74, 6) is 0.906. The van der Waals surface area contributed by atoms with Crippen LogP contribution in [0.5, 0.6) is 0 Å². The number of fused-ring (bicyclic) bond motifs is 4. The first-order valence-corrected chi connectivity index (χ1v) is 10.1. The van der Waals surface area contributed by atoms with E-state index in [0.717, 1.165) is 47.5 Å². The molecule has 4 nitrogen and oxygen atoms in total. The summed E-state index contributed by atoms with van der Waals surface area (Å²) in [6.45, 7) is 2.70. The Hall–Kier alpha value is -2.11. The van der Waals surface area contributed by atoms with Crippen molar-refractivity contribution in [2.45, 2.75) is 18.9 Å². The Labute approximate surface area is 160 Å². The van der Waals surface area contributed by atoms with Gasteiger partial charge in [-0.1, -0.05) is 29.8 Å². The van der Waals surface area contributed by atoms with Crippen LogP contribution < -0.4 is 10.5 Å². The molecule has 4 heterocycles. The molecule has 1 fully saturated rings. The smallest absolute Gasteiger partial charge is 0.250 e. The second kappa shape index (κ2) is 6.25. The van der Waals surface area contributed by atoms with E-state index in [2.05, 4.69) is 16.3 Å². The van der Waals surface area contributed by atoms with E-state index in [1.165, 1.54) is 5.69 Å². The van der Waals surface area contributed by atoms with E-state index in [1.807, 2.05) is 34.9 Å². The van der Waals surface area contributed by atoms with E-state index in [4.69, 9.17) is 16.6 Å². The van der Waals surface area contributed by atoms with Gasteiger partial charge in [0.2, 0.25) is 0 Å². The first kappa shape index (κ1) is 16.1. The molecule has 2 aliphatic rings. The summed E-state index contributed by atoms with van der Waals surface area (Å²) >= 11 is 7.67. The van der Waals surface area contributed by atoms with Crippen LogP contribution in [0.15, 0.2) is 52.6 Å². The highest BCUT2D eigenvalue weighted by Crippen LogP contribution is 2.38. The Bertz CT molecular complexity index is 1010. The van der Waals surface area contributed by atoms with Crippen LogP contribution in [-0.4, -0.2) is 22.6 Å². The highest BCUT2D eigenvalue weighted by Gasteiger charge is 2.35. The highest BCUT2D eigenvalue weighted by atomic mass is 35.5. The predicted molar refractivity (Wildman–Crippen MR) is 106 cm³/mol. The molecule has 1 aromatic carbocycles. The monoisotopic (exact) mass is 383 g/mol. The van der Waals surface area contributed by atoms with Gasteiger partial charge in [-0.2, -0.15) is 0 Å². The van der Waals surface area contributed by atoms with Gasteiger partial charge < -0.3 is 9.47 Å². The van der Waals surface area contributed by atoms with E-state index in [9.17, 15) is 4.79 Å². The first-order valence-electron chi connectivity index (χ1n) is 8.83. The van der Waals surface area contributed by atoms with Gasteiger partial charge in [0.05, 0.1) is 5.69 Å². The SMILES string of the molecule is O=c1cccc2n1C[C@H]1C[C@@H]2CN(c2nc(-c3ccc(Cl)cc3)cs2)C1. The maximum Gasteiger partial charge on any atom is 0.250 e. The molecule has 132 valence electrons. The maximum absolute atomic E-state index is 12.2. The molecule has 2 aromatic heterocycles. The van der Waals surface area contributed by atoms with Crippen LogP contribution in [0.1, 0.15) is 18.0 Å². The van der Waals surface area contributed by atoms with Gasteiger partial charge in [0.1, 0.15) is 0 Å². The van der Waals surface area contributed by atoms with Crippen LogP contribution in [0.3, 0.4) is 0 Å². The molecular formula is C20H18ClN3OS. The number of piperidine rings is 1. The van der Waals surface area contributed by atoms with Crippen LogP contribution in [0.4, 0.5) is 5.13 Å². The third kappa shape index (κ3) is 2.75. The molecule has 0 amide bonds. The Kier molecular flexibility index (Phi) is 3.87. The van der Waals surface area contributed by atoms with E-state index >= 15 is 0 Å². The number of hydrogen-bond acceptors (Lipinski definition) is 4. The van der Waals surface area contributed by atoms with Gasteiger partial charge in [-0.3, -0.25) is 4.79 Å². The van der Waals surface area contributed by atoms with Crippen molar-refractivity contribution in [1.29, 1.82) is 0 Å². The summed E-state index contributed by atoms with van der Waals surface area (Å²) in [6, 6.07) is 13.5. The highest BCUT2D eigenvalue weighted by molar-refractivity contribution is 7.14. The summed E-state index contributed by atoms with van der Waals surface area (Å²) in [7, 11) is 0. The fourth-order valence-corrected chi connectivity index (χ4v) is 5.20. The average Bonchev–Trinajstić information content (AvgIpc) is 3.13. The Balaban J connectivity index is 1.43. The predicted octanol–water partition coefficient (Wildman–Crippen LogP) is 4.25. The van der Waals surface area contributed by atoms with Gasteiger partial charge in [0, 0.05) is 53.3 Å². The number of aromatic nitrogens is 2. The van der Waals surface area contributed by atoms with Gasteiger partial charge >= 0.3 is 0 Å². The molecule has 0 radical (unpaired) electrons. The van der Waals surface area contributed by atoms with Crippen molar-refractivity contribution in [3.63, 3.8) is 0 Å². The van der Waals surface area contributed by atoms with Crippen molar-refractivity contribution in [3.8, 4) is 11.3 Å². The number of rotatable bonds is 2. The van der Waals surface area contributed by atoms with Gasteiger partial charge in [-0.25, -0.2) is 4.98 Å². The molecule has 2 atom stereocenters. The van der Waals surface area contributed by atoms with E-state index < -0.39 is 0 Å². The molecule has 0 N–H and O–H groups in total. The second-order valence-electron chi connectivity index (χ2n) is 7.13. The standard InChI is InChI=1S/C20H18ClN3OS/c21-16-6-4-14(5-7-16)17-12-26-20(22-17)23-9-13-8-15(11-23)18-2-1-3-19(25)24(18)10-13/h1-7,12-13,15H,8-11H2/t13-,15+/m0/s1. The lowest BCUT2D eigenvalue weighted by molar-refractivity contribution is 0.281. The topological polar surface area (TPSA) is 38.1 Å². The summed E-state index contributed by atoms with van der Waals surface area (Å²) in [5.41, 5.74) is 3.39. The minimum atomic E-state index is 0.130. The Morgan fingerprint density at radius 2 is 1.92 bits per heavy atom. The number of nitrogens with zero attached hydrogens (tertiary/aromatic N) is 3. The number of thiazole rings is 1. The average molecular weight is 384 g/mol. The molecular weight excluding hydrogens is 366 g/mol. The van der Waals surface area contributed by atoms with E-state index in [0.29, 0.717) is 11.8 Å². The zero-order valence-corrected chi connectivity index (χ0v) is 15.7. The van der Waals surface area contributed by atoms with Crippen LogP contribution in [-0.2, 0) is 6.54 Å². The van der Waals surface area contributed by atoms with Gasteiger partial charge in [-0.05, 0) is 30.5 Å². The number of anilines is 1. The van der Waals surface area contributed by atoms with Crippen molar-refractivity contribution >= 4 is 28.1 Å². The molecule has 0 saturated carbocycles. The number of halogens is 1. The lowest BCUT2D eigenvalue weighted by Gasteiger charge is -2.42. The van der Waals surface area contributed by atoms with E-state index in [-0.39, 0.29) is 5.56 Å². The minimum absolute atomic E-state index is 0.130. The number of pyridine rings is 1. The molecule has 6 heteroatoms. The third-order valence-electron chi connectivity index (χ3n) is 5.38. The molecule has 26 heavy (non-hydrogen) atoms.